The second-order valence-electron chi connectivity index (χ2n) is 5.21. The van der Waals surface area contributed by atoms with Gasteiger partial charge in [0, 0.05) is 29.4 Å². The van der Waals surface area contributed by atoms with Crippen LogP contribution in [0.4, 0.5) is 11.4 Å². The first-order valence-electron chi connectivity index (χ1n) is 7.26. The Hall–Kier alpha value is -3.35. The average Bonchev–Trinajstić information content (AvgIpc) is 2.93. The largest absolute Gasteiger partial charge is 0.417 e. The lowest BCUT2D eigenvalue weighted by molar-refractivity contribution is -0.384. The summed E-state index contributed by atoms with van der Waals surface area (Å²) < 4.78 is 1.61. The molecule has 0 saturated heterocycles. The first kappa shape index (κ1) is 15.5. The van der Waals surface area contributed by atoms with E-state index in [2.05, 4.69) is 5.32 Å². The van der Waals surface area contributed by atoms with Crippen molar-refractivity contribution in [2.24, 2.45) is 0 Å². The normalized spacial score (nSPS) is 10.5. The van der Waals surface area contributed by atoms with Gasteiger partial charge in [-0.05, 0) is 23.8 Å². The number of hydrogen-bond donors (Lipinski definition) is 1. The van der Waals surface area contributed by atoms with Crippen molar-refractivity contribution in [3.05, 3.63) is 70.4 Å². The molecule has 3 aromatic rings. The van der Waals surface area contributed by atoms with Crippen LogP contribution in [0.5, 0.6) is 0 Å². The predicted octanol–water partition coefficient (Wildman–Crippen LogP) is 2.79. The minimum absolute atomic E-state index is 0.0174. The van der Waals surface area contributed by atoms with Gasteiger partial charge in [-0.2, -0.15) is 4.73 Å². The number of nitrogens with zero attached hydrogens (tertiary/aromatic N) is 2. The number of anilines is 1. The molecule has 0 fully saturated rings. The third-order valence-electron chi connectivity index (χ3n) is 3.67. The van der Waals surface area contributed by atoms with Crippen molar-refractivity contribution in [2.75, 3.05) is 12.4 Å². The summed E-state index contributed by atoms with van der Waals surface area (Å²) in [6.07, 6.45) is 1.95. The molecule has 0 spiro atoms. The number of aromatic nitrogens is 1. The molecule has 7 heteroatoms. The van der Waals surface area contributed by atoms with E-state index >= 15 is 0 Å². The minimum Gasteiger partial charge on any atom is -0.417 e. The summed E-state index contributed by atoms with van der Waals surface area (Å²) in [4.78, 5) is 27.7. The van der Waals surface area contributed by atoms with E-state index in [4.69, 9.17) is 4.84 Å². The molecule has 0 aliphatic carbocycles. The Morgan fingerprint density at radius 1 is 1.21 bits per heavy atom. The highest BCUT2D eigenvalue weighted by atomic mass is 16.6. The van der Waals surface area contributed by atoms with E-state index in [9.17, 15) is 14.9 Å². The molecule has 122 valence electrons. The number of hydrogen-bond acceptors (Lipinski definition) is 4. The van der Waals surface area contributed by atoms with E-state index in [1.165, 1.54) is 24.3 Å². The molecular weight excluding hydrogens is 310 g/mol. The van der Waals surface area contributed by atoms with Crippen LogP contribution in [-0.4, -0.2) is 22.7 Å². The molecule has 0 saturated carbocycles. The maximum atomic E-state index is 12.2. The second kappa shape index (κ2) is 6.41. The Bertz CT molecular complexity index is 900. The van der Waals surface area contributed by atoms with Gasteiger partial charge in [0.15, 0.2) is 0 Å². The summed E-state index contributed by atoms with van der Waals surface area (Å²) in [5.41, 5.74) is 2.22. The van der Waals surface area contributed by atoms with Crippen molar-refractivity contribution in [2.45, 2.75) is 6.42 Å². The number of nitro benzene ring substituents is 1. The minimum atomic E-state index is -0.481. The van der Waals surface area contributed by atoms with E-state index in [-0.39, 0.29) is 18.0 Å². The Labute approximate surface area is 137 Å². The number of non-ortho nitro benzene ring substituents is 1. The molecule has 3 rings (SSSR count). The van der Waals surface area contributed by atoms with Crippen LogP contribution >= 0.6 is 0 Å². The van der Waals surface area contributed by atoms with Gasteiger partial charge in [0.2, 0.25) is 5.91 Å². The monoisotopic (exact) mass is 325 g/mol. The van der Waals surface area contributed by atoms with Crippen LogP contribution in [0.15, 0.2) is 54.7 Å². The molecule has 0 aliphatic heterocycles. The summed E-state index contributed by atoms with van der Waals surface area (Å²) in [6, 6.07) is 13.4. The zero-order valence-electron chi connectivity index (χ0n) is 12.9. The number of para-hydroxylation sites is 1. The SMILES string of the molecule is COn1cc(CC(=O)Nc2ccc([N+](=O)[O-])cc2)c2ccccc21. The van der Waals surface area contributed by atoms with Crippen LogP contribution in [0.1, 0.15) is 5.56 Å². The van der Waals surface area contributed by atoms with Gasteiger partial charge in [0.25, 0.3) is 5.69 Å². The van der Waals surface area contributed by atoms with Gasteiger partial charge in [-0.1, -0.05) is 18.2 Å². The zero-order chi connectivity index (χ0) is 17.1. The second-order valence-corrected chi connectivity index (χ2v) is 5.21. The number of nitrogens with one attached hydrogen (secondary N) is 1. The van der Waals surface area contributed by atoms with Crippen molar-refractivity contribution in [1.82, 2.24) is 4.73 Å². The van der Waals surface area contributed by atoms with Gasteiger partial charge in [0.1, 0.15) is 7.11 Å². The van der Waals surface area contributed by atoms with Gasteiger partial charge in [-0.25, -0.2) is 0 Å². The molecule has 0 atom stereocenters. The van der Waals surface area contributed by atoms with Crippen LogP contribution in [0, 0.1) is 10.1 Å². The molecule has 0 unspecified atom stereocenters. The highest BCUT2D eigenvalue weighted by Crippen LogP contribution is 2.21. The van der Waals surface area contributed by atoms with Crippen molar-refractivity contribution < 1.29 is 14.6 Å². The van der Waals surface area contributed by atoms with Gasteiger partial charge < -0.3 is 10.2 Å². The maximum Gasteiger partial charge on any atom is 0.269 e. The average molecular weight is 325 g/mol. The van der Waals surface area contributed by atoms with Crippen molar-refractivity contribution in [3.8, 4) is 0 Å². The summed E-state index contributed by atoms with van der Waals surface area (Å²) >= 11 is 0. The first-order chi connectivity index (χ1) is 11.6. The molecule has 2 aromatic carbocycles. The first-order valence-corrected chi connectivity index (χ1v) is 7.26. The zero-order valence-corrected chi connectivity index (χ0v) is 12.9. The van der Waals surface area contributed by atoms with Gasteiger partial charge in [-0.3, -0.25) is 14.9 Å². The molecule has 0 bridgehead atoms. The van der Waals surface area contributed by atoms with Gasteiger partial charge >= 0.3 is 0 Å². The highest BCUT2D eigenvalue weighted by molar-refractivity contribution is 5.95. The fraction of sp³-hybridized carbons (Fsp3) is 0.118. The van der Waals surface area contributed by atoms with Crippen LogP contribution in [-0.2, 0) is 11.2 Å². The molecule has 1 heterocycles. The number of amides is 1. The number of nitro groups is 1. The third-order valence-corrected chi connectivity index (χ3v) is 3.67. The molecule has 1 aromatic heterocycles. The summed E-state index contributed by atoms with van der Waals surface area (Å²) in [6.45, 7) is 0. The Balaban J connectivity index is 1.76. The molecule has 24 heavy (non-hydrogen) atoms. The number of fused-ring (bicyclic) bond motifs is 1. The Morgan fingerprint density at radius 3 is 2.58 bits per heavy atom. The molecular formula is C17H15N3O4. The Morgan fingerprint density at radius 2 is 1.92 bits per heavy atom. The smallest absolute Gasteiger partial charge is 0.269 e. The lowest BCUT2D eigenvalue weighted by Gasteiger charge is -2.04. The lowest BCUT2D eigenvalue weighted by Crippen LogP contribution is -2.14. The number of rotatable bonds is 5. The number of carbonyl (C=O) groups is 1. The van der Waals surface area contributed by atoms with Crippen LogP contribution in [0.25, 0.3) is 10.9 Å². The fourth-order valence-corrected chi connectivity index (χ4v) is 2.55. The quantitative estimate of drug-likeness (QED) is 0.577. The number of carbonyl (C=O) groups excluding carboxylic acids is 1. The molecule has 1 N–H and O–H groups in total. The molecule has 0 radical (unpaired) electrons. The maximum absolute atomic E-state index is 12.2. The standard InChI is InChI=1S/C17H15N3O4/c1-24-19-11-12(15-4-2-3-5-16(15)19)10-17(21)18-13-6-8-14(9-7-13)20(22)23/h2-9,11H,10H2,1H3,(H,18,21). The molecule has 1 amide bonds. The third kappa shape index (κ3) is 3.05. The van der Waals surface area contributed by atoms with Crippen molar-refractivity contribution in [3.63, 3.8) is 0 Å². The van der Waals surface area contributed by atoms with Crippen LogP contribution < -0.4 is 10.2 Å². The van der Waals surface area contributed by atoms with E-state index in [1.807, 2.05) is 24.3 Å². The van der Waals surface area contributed by atoms with E-state index in [1.54, 1.807) is 18.0 Å². The van der Waals surface area contributed by atoms with E-state index in [0.717, 1.165) is 16.5 Å². The molecule has 7 nitrogen and oxygen atoms in total. The predicted molar refractivity (Wildman–Crippen MR) is 89.9 cm³/mol. The van der Waals surface area contributed by atoms with Crippen LogP contribution in [0.2, 0.25) is 0 Å². The highest BCUT2D eigenvalue weighted by Gasteiger charge is 2.13. The van der Waals surface area contributed by atoms with Crippen molar-refractivity contribution in [1.29, 1.82) is 0 Å². The van der Waals surface area contributed by atoms with E-state index in [0.29, 0.717) is 5.69 Å². The summed E-state index contributed by atoms with van der Waals surface area (Å²) in [7, 11) is 1.56. The Kier molecular flexibility index (Phi) is 4.15. The molecule has 0 aliphatic rings. The topological polar surface area (TPSA) is 86.4 Å². The lowest BCUT2D eigenvalue weighted by atomic mass is 10.1. The summed E-state index contributed by atoms with van der Waals surface area (Å²) in [5.74, 6) is -0.206. The summed E-state index contributed by atoms with van der Waals surface area (Å²) in [5, 5.41) is 14.3. The number of benzene rings is 2. The van der Waals surface area contributed by atoms with Crippen LogP contribution in [0.3, 0.4) is 0 Å². The van der Waals surface area contributed by atoms with Crippen molar-refractivity contribution >= 4 is 28.2 Å². The van der Waals surface area contributed by atoms with E-state index < -0.39 is 4.92 Å². The van der Waals surface area contributed by atoms with Gasteiger partial charge in [-0.15, -0.1) is 0 Å². The fourth-order valence-electron chi connectivity index (χ4n) is 2.55. The van der Waals surface area contributed by atoms with Gasteiger partial charge in [0.05, 0.1) is 16.9 Å².